The van der Waals surface area contributed by atoms with E-state index in [0.717, 1.165) is 37.4 Å². The van der Waals surface area contributed by atoms with E-state index in [1.165, 1.54) is 29.4 Å². The third-order valence-corrected chi connectivity index (χ3v) is 5.55. The summed E-state index contributed by atoms with van der Waals surface area (Å²) in [7, 11) is 0. The van der Waals surface area contributed by atoms with Crippen molar-refractivity contribution in [3.63, 3.8) is 0 Å². The Morgan fingerprint density at radius 2 is 2.42 bits per heavy atom. The minimum atomic E-state index is -0.193. The highest BCUT2D eigenvalue weighted by atomic mass is 32.1. The fraction of sp³-hybridized carbons (Fsp3) is 0.471. The maximum Gasteiger partial charge on any atom is 0.223 e. The Morgan fingerprint density at radius 1 is 1.50 bits per heavy atom. The van der Waals surface area contributed by atoms with Crippen LogP contribution in [-0.2, 0) is 28.3 Å². The number of carbonyl (C=O) groups is 1. The van der Waals surface area contributed by atoms with Gasteiger partial charge in [-0.3, -0.25) is 14.7 Å². The quantitative estimate of drug-likeness (QED) is 0.927. The normalized spacial score (nSPS) is 23.4. The van der Waals surface area contributed by atoms with Crippen LogP contribution >= 0.6 is 11.3 Å². The first kappa shape index (κ1) is 15.7. The van der Waals surface area contributed by atoms with Crippen LogP contribution in [0.2, 0.25) is 0 Å². The number of hydrogen-bond donors (Lipinski definition) is 1. The van der Waals surface area contributed by atoms with Gasteiger partial charge in [-0.15, -0.1) is 11.3 Å². The molecular formula is C17H20N4O2S. The van der Waals surface area contributed by atoms with Crippen LogP contribution in [0.1, 0.15) is 35.8 Å². The number of rotatable bonds is 3. The van der Waals surface area contributed by atoms with Gasteiger partial charge in [0.25, 0.3) is 0 Å². The monoisotopic (exact) mass is 344 g/mol. The van der Waals surface area contributed by atoms with Gasteiger partial charge in [0.15, 0.2) is 5.13 Å². The maximum absolute atomic E-state index is 11.1. The van der Waals surface area contributed by atoms with Crippen molar-refractivity contribution in [2.75, 3.05) is 18.4 Å². The van der Waals surface area contributed by atoms with Crippen LogP contribution in [0.15, 0.2) is 24.7 Å². The number of amides is 1. The van der Waals surface area contributed by atoms with E-state index in [4.69, 9.17) is 4.74 Å². The second-order valence-electron chi connectivity index (χ2n) is 6.44. The first-order chi connectivity index (χ1) is 11.6. The van der Waals surface area contributed by atoms with Crippen molar-refractivity contribution in [1.29, 1.82) is 0 Å². The largest absolute Gasteiger partial charge is 0.364 e. The molecule has 24 heavy (non-hydrogen) atoms. The van der Waals surface area contributed by atoms with Gasteiger partial charge in [0.05, 0.1) is 6.61 Å². The van der Waals surface area contributed by atoms with Gasteiger partial charge in [-0.1, -0.05) is 0 Å². The molecule has 0 aliphatic carbocycles. The third-order valence-electron chi connectivity index (χ3n) is 4.65. The Bertz CT molecular complexity index is 759. The SMILES string of the molecule is CC(=O)Nc1ncc(CN2CCCC3(C2)OCc2cnccc23)s1. The number of nitrogens with one attached hydrogen (secondary N) is 1. The number of likely N-dealkylation sites (tertiary alicyclic amines) is 1. The Morgan fingerprint density at radius 3 is 3.29 bits per heavy atom. The number of ether oxygens (including phenoxy) is 1. The molecule has 2 aromatic heterocycles. The van der Waals surface area contributed by atoms with Gasteiger partial charge in [-0.2, -0.15) is 0 Å². The topological polar surface area (TPSA) is 67.4 Å². The smallest absolute Gasteiger partial charge is 0.223 e. The van der Waals surface area contributed by atoms with Crippen molar-refractivity contribution in [3.05, 3.63) is 40.7 Å². The zero-order valence-electron chi connectivity index (χ0n) is 13.6. The molecule has 1 atom stereocenters. The van der Waals surface area contributed by atoms with Crippen LogP contribution in [0.5, 0.6) is 0 Å². The van der Waals surface area contributed by atoms with Crippen molar-refractivity contribution in [1.82, 2.24) is 14.9 Å². The molecular weight excluding hydrogens is 324 g/mol. The van der Waals surface area contributed by atoms with Crippen molar-refractivity contribution in [2.24, 2.45) is 0 Å². The van der Waals surface area contributed by atoms with Crippen LogP contribution in [0.3, 0.4) is 0 Å². The van der Waals surface area contributed by atoms with E-state index in [1.807, 2.05) is 18.6 Å². The summed E-state index contributed by atoms with van der Waals surface area (Å²) >= 11 is 1.54. The zero-order valence-corrected chi connectivity index (χ0v) is 14.4. The summed E-state index contributed by atoms with van der Waals surface area (Å²) in [4.78, 5) is 23.2. The summed E-state index contributed by atoms with van der Waals surface area (Å²) in [5.41, 5.74) is 2.32. The van der Waals surface area contributed by atoms with Gasteiger partial charge in [0.2, 0.25) is 5.91 Å². The number of fused-ring (bicyclic) bond motifs is 2. The summed E-state index contributed by atoms with van der Waals surface area (Å²) in [6.45, 7) is 4.93. The lowest BCUT2D eigenvalue weighted by Crippen LogP contribution is -2.45. The second-order valence-corrected chi connectivity index (χ2v) is 7.56. The van der Waals surface area contributed by atoms with Gasteiger partial charge in [0, 0.05) is 49.0 Å². The number of pyridine rings is 1. The van der Waals surface area contributed by atoms with Crippen molar-refractivity contribution in [2.45, 2.75) is 38.5 Å². The van der Waals surface area contributed by atoms with Crippen LogP contribution in [0.25, 0.3) is 0 Å². The minimum Gasteiger partial charge on any atom is -0.364 e. The fourth-order valence-corrected chi connectivity index (χ4v) is 4.57. The zero-order chi connectivity index (χ0) is 16.6. The van der Waals surface area contributed by atoms with Gasteiger partial charge in [-0.05, 0) is 31.0 Å². The maximum atomic E-state index is 11.1. The molecule has 2 aliphatic heterocycles. The van der Waals surface area contributed by atoms with Crippen molar-refractivity contribution < 1.29 is 9.53 Å². The standard InChI is InChI=1S/C17H20N4O2S/c1-12(22)20-16-19-8-14(24-16)9-21-6-2-4-17(11-21)15-3-5-18-7-13(15)10-23-17/h3,5,7-8H,2,4,6,9-11H2,1H3,(H,19,20,22). The predicted molar refractivity (Wildman–Crippen MR) is 91.6 cm³/mol. The molecule has 4 heterocycles. The molecule has 126 valence electrons. The number of nitrogens with zero attached hydrogens (tertiary/aromatic N) is 3. The molecule has 2 aromatic rings. The average Bonchev–Trinajstić information content (AvgIpc) is 3.13. The van der Waals surface area contributed by atoms with E-state index in [2.05, 4.69) is 26.3 Å². The number of aromatic nitrogens is 2. The molecule has 1 saturated heterocycles. The molecule has 1 amide bonds. The first-order valence-electron chi connectivity index (χ1n) is 8.17. The van der Waals surface area contributed by atoms with Gasteiger partial charge < -0.3 is 10.1 Å². The lowest BCUT2D eigenvalue weighted by molar-refractivity contribution is -0.114. The number of piperidine rings is 1. The molecule has 0 saturated carbocycles. The Labute approximate surface area is 144 Å². The van der Waals surface area contributed by atoms with E-state index in [9.17, 15) is 4.79 Å². The first-order valence-corrected chi connectivity index (χ1v) is 8.98. The highest BCUT2D eigenvalue weighted by Crippen LogP contribution is 2.42. The molecule has 6 nitrogen and oxygen atoms in total. The highest BCUT2D eigenvalue weighted by Gasteiger charge is 2.43. The molecule has 0 bridgehead atoms. The summed E-state index contributed by atoms with van der Waals surface area (Å²) in [5.74, 6) is -0.0857. The fourth-order valence-electron chi connectivity index (χ4n) is 3.67. The number of anilines is 1. The Hall–Kier alpha value is -1.83. The van der Waals surface area contributed by atoms with Crippen LogP contribution in [0.4, 0.5) is 5.13 Å². The third kappa shape index (κ3) is 2.94. The van der Waals surface area contributed by atoms with Crippen LogP contribution in [-0.4, -0.2) is 33.9 Å². The second kappa shape index (κ2) is 6.23. The predicted octanol–water partition coefficient (Wildman–Crippen LogP) is 2.52. The molecule has 4 rings (SSSR count). The number of carbonyl (C=O) groups excluding carboxylic acids is 1. The van der Waals surface area contributed by atoms with E-state index in [-0.39, 0.29) is 11.5 Å². The summed E-state index contributed by atoms with van der Waals surface area (Å²) in [5, 5.41) is 3.41. The van der Waals surface area contributed by atoms with E-state index in [0.29, 0.717) is 11.7 Å². The molecule has 1 unspecified atom stereocenters. The summed E-state index contributed by atoms with van der Waals surface area (Å²) in [6, 6.07) is 2.10. The lowest BCUT2D eigenvalue weighted by atomic mass is 9.85. The molecule has 1 fully saturated rings. The van der Waals surface area contributed by atoms with Crippen LogP contribution in [0, 0.1) is 0 Å². The number of thiazole rings is 1. The molecule has 0 aromatic carbocycles. The molecule has 7 heteroatoms. The van der Waals surface area contributed by atoms with Gasteiger partial charge in [-0.25, -0.2) is 4.98 Å². The van der Waals surface area contributed by atoms with Gasteiger partial charge >= 0.3 is 0 Å². The minimum absolute atomic E-state index is 0.0857. The van der Waals surface area contributed by atoms with E-state index >= 15 is 0 Å². The lowest BCUT2D eigenvalue weighted by Gasteiger charge is -2.40. The Kier molecular flexibility index (Phi) is 4.07. The average molecular weight is 344 g/mol. The highest BCUT2D eigenvalue weighted by molar-refractivity contribution is 7.15. The summed E-state index contributed by atoms with van der Waals surface area (Å²) in [6.07, 6.45) is 7.80. The summed E-state index contributed by atoms with van der Waals surface area (Å²) < 4.78 is 6.23. The Balaban J connectivity index is 1.48. The molecule has 1 N–H and O–H groups in total. The molecule has 1 spiro atoms. The van der Waals surface area contributed by atoms with Crippen molar-refractivity contribution >= 4 is 22.4 Å². The molecule has 0 radical (unpaired) electrons. The van der Waals surface area contributed by atoms with E-state index < -0.39 is 0 Å². The van der Waals surface area contributed by atoms with Crippen LogP contribution < -0.4 is 5.32 Å². The van der Waals surface area contributed by atoms with E-state index in [1.54, 1.807) is 0 Å². The van der Waals surface area contributed by atoms with Gasteiger partial charge in [0.1, 0.15) is 5.60 Å². The number of hydrogen-bond acceptors (Lipinski definition) is 6. The van der Waals surface area contributed by atoms with Crippen molar-refractivity contribution in [3.8, 4) is 0 Å². The molecule has 2 aliphatic rings.